The maximum absolute atomic E-state index is 12.4. The number of hydrogen-bond acceptors (Lipinski definition) is 3. The van der Waals surface area contributed by atoms with Crippen molar-refractivity contribution >= 4 is 23.5 Å². The van der Waals surface area contributed by atoms with Crippen molar-refractivity contribution in [2.24, 2.45) is 0 Å². The standard InChI is InChI=1S/C15H17N3O3/c19-13-8-7-11(14(20)17-13)16-15(21)18-9-3-5-10-4-1-2-6-12(10)18/h1-2,4,6,11H,3,5,7-9H2,(H,16,21)(H,17,19,20). The molecule has 0 aromatic heterocycles. The van der Waals surface area contributed by atoms with Crippen LogP contribution in [-0.4, -0.2) is 30.4 Å². The lowest BCUT2D eigenvalue weighted by molar-refractivity contribution is -0.134. The van der Waals surface area contributed by atoms with E-state index in [1.54, 1.807) is 4.90 Å². The molecule has 3 rings (SSSR count). The maximum Gasteiger partial charge on any atom is 0.322 e. The number of nitrogens with zero attached hydrogens (tertiary/aromatic N) is 1. The van der Waals surface area contributed by atoms with Crippen LogP contribution in [0.25, 0.3) is 0 Å². The summed E-state index contributed by atoms with van der Waals surface area (Å²) in [7, 11) is 0. The number of nitrogens with one attached hydrogen (secondary N) is 2. The summed E-state index contributed by atoms with van der Waals surface area (Å²) in [5.74, 6) is -0.710. The van der Waals surface area contributed by atoms with E-state index in [1.165, 1.54) is 0 Å². The van der Waals surface area contributed by atoms with Gasteiger partial charge in [-0.3, -0.25) is 19.8 Å². The van der Waals surface area contributed by atoms with E-state index in [2.05, 4.69) is 10.6 Å². The summed E-state index contributed by atoms with van der Waals surface area (Å²) in [6.07, 6.45) is 2.47. The number of imide groups is 1. The van der Waals surface area contributed by atoms with Gasteiger partial charge in [0, 0.05) is 18.7 Å². The van der Waals surface area contributed by atoms with Gasteiger partial charge in [0.25, 0.3) is 0 Å². The molecule has 1 unspecified atom stereocenters. The van der Waals surface area contributed by atoms with Gasteiger partial charge < -0.3 is 5.32 Å². The van der Waals surface area contributed by atoms with Crippen molar-refractivity contribution in [2.45, 2.75) is 31.7 Å². The van der Waals surface area contributed by atoms with Crippen molar-refractivity contribution in [1.29, 1.82) is 0 Å². The number of benzene rings is 1. The first-order valence-electron chi connectivity index (χ1n) is 7.15. The highest BCUT2D eigenvalue weighted by molar-refractivity contribution is 6.03. The number of hydrogen-bond donors (Lipinski definition) is 2. The number of para-hydroxylation sites is 1. The zero-order valence-electron chi connectivity index (χ0n) is 11.6. The largest absolute Gasteiger partial charge is 0.326 e. The van der Waals surface area contributed by atoms with Crippen LogP contribution in [0.2, 0.25) is 0 Å². The Morgan fingerprint density at radius 2 is 2.05 bits per heavy atom. The molecular weight excluding hydrogens is 270 g/mol. The number of carbonyl (C=O) groups is 3. The molecule has 0 aliphatic carbocycles. The molecular formula is C15H17N3O3. The minimum absolute atomic E-state index is 0.257. The fourth-order valence-corrected chi connectivity index (χ4v) is 2.80. The number of fused-ring (bicyclic) bond motifs is 1. The monoisotopic (exact) mass is 287 g/mol. The summed E-state index contributed by atoms with van der Waals surface area (Å²) in [5.41, 5.74) is 2.04. The molecule has 6 nitrogen and oxygen atoms in total. The zero-order valence-corrected chi connectivity index (χ0v) is 11.6. The van der Waals surface area contributed by atoms with Crippen molar-refractivity contribution in [3.63, 3.8) is 0 Å². The third-order valence-corrected chi connectivity index (χ3v) is 3.89. The Bertz CT molecular complexity index is 600. The van der Waals surface area contributed by atoms with Crippen LogP contribution in [0.1, 0.15) is 24.8 Å². The van der Waals surface area contributed by atoms with Gasteiger partial charge in [0.1, 0.15) is 6.04 Å². The highest BCUT2D eigenvalue weighted by Crippen LogP contribution is 2.26. The molecule has 4 amide bonds. The van der Waals surface area contributed by atoms with Crippen LogP contribution >= 0.6 is 0 Å². The molecule has 0 radical (unpaired) electrons. The number of urea groups is 1. The minimum Gasteiger partial charge on any atom is -0.326 e. The van der Waals surface area contributed by atoms with Gasteiger partial charge in [-0.15, -0.1) is 0 Å². The Morgan fingerprint density at radius 3 is 2.86 bits per heavy atom. The van der Waals surface area contributed by atoms with Gasteiger partial charge in [-0.1, -0.05) is 18.2 Å². The molecule has 1 aromatic rings. The summed E-state index contributed by atoms with van der Waals surface area (Å²) in [5, 5.41) is 4.97. The highest BCUT2D eigenvalue weighted by Gasteiger charge is 2.30. The van der Waals surface area contributed by atoms with Crippen LogP contribution in [0, 0.1) is 0 Å². The molecule has 6 heteroatoms. The predicted octanol–water partition coefficient (Wildman–Crippen LogP) is 0.954. The molecule has 2 N–H and O–H groups in total. The lowest BCUT2D eigenvalue weighted by atomic mass is 10.0. The molecule has 0 bridgehead atoms. The number of rotatable bonds is 1. The van der Waals surface area contributed by atoms with Crippen molar-refractivity contribution in [2.75, 3.05) is 11.4 Å². The molecule has 0 spiro atoms. The van der Waals surface area contributed by atoms with Crippen LogP contribution in [0.15, 0.2) is 24.3 Å². The van der Waals surface area contributed by atoms with Crippen LogP contribution in [-0.2, 0) is 16.0 Å². The molecule has 1 fully saturated rings. The highest BCUT2D eigenvalue weighted by atomic mass is 16.2. The Hall–Kier alpha value is -2.37. The average Bonchev–Trinajstić information content (AvgIpc) is 2.49. The first-order valence-corrected chi connectivity index (χ1v) is 7.15. The minimum atomic E-state index is -0.635. The number of carbonyl (C=O) groups excluding carboxylic acids is 3. The number of piperidine rings is 1. The predicted molar refractivity (Wildman–Crippen MR) is 76.8 cm³/mol. The maximum atomic E-state index is 12.4. The molecule has 2 heterocycles. The summed E-state index contributed by atoms with van der Waals surface area (Å²) < 4.78 is 0. The molecule has 2 aliphatic rings. The van der Waals surface area contributed by atoms with E-state index in [1.807, 2.05) is 24.3 Å². The molecule has 0 saturated carbocycles. The smallest absolute Gasteiger partial charge is 0.322 e. The Balaban J connectivity index is 1.72. The van der Waals surface area contributed by atoms with Crippen LogP contribution in [0.4, 0.5) is 10.5 Å². The summed E-state index contributed by atoms with van der Waals surface area (Å²) in [4.78, 5) is 36.9. The van der Waals surface area contributed by atoms with Gasteiger partial charge in [-0.05, 0) is 30.9 Å². The molecule has 1 saturated heterocycles. The number of amides is 4. The fourth-order valence-electron chi connectivity index (χ4n) is 2.80. The second kappa shape index (κ2) is 5.55. The first-order chi connectivity index (χ1) is 10.1. The van der Waals surface area contributed by atoms with Crippen LogP contribution < -0.4 is 15.5 Å². The van der Waals surface area contributed by atoms with E-state index in [0.29, 0.717) is 13.0 Å². The van der Waals surface area contributed by atoms with Crippen LogP contribution in [0.5, 0.6) is 0 Å². The van der Waals surface area contributed by atoms with Crippen molar-refractivity contribution < 1.29 is 14.4 Å². The van der Waals surface area contributed by atoms with Gasteiger partial charge in [0.2, 0.25) is 11.8 Å². The molecule has 2 aliphatic heterocycles. The van der Waals surface area contributed by atoms with E-state index in [-0.39, 0.29) is 18.4 Å². The van der Waals surface area contributed by atoms with E-state index in [0.717, 1.165) is 24.1 Å². The van der Waals surface area contributed by atoms with Crippen LogP contribution in [0.3, 0.4) is 0 Å². The van der Waals surface area contributed by atoms with E-state index >= 15 is 0 Å². The van der Waals surface area contributed by atoms with Crippen molar-refractivity contribution in [3.05, 3.63) is 29.8 Å². The second-order valence-electron chi connectivity index (χ2n) is 5.34. The average molecular weight is 287 g/mol. The Morgan fingerprint density at radius 1 is 1.24 bits per heavy atom. The Labute approximate surface area is 122 Å². The lowest BCUT2D eigenvalue weighted by Crippen LogP contribution is -2.55. The summed E-state index contributed by atoms with van der Waals surface area (Å²) >= 11 is 0. The fraction of sp³-hybridized carbons (Fsp3) is 0.400. The second-order valence-corrected chi connectivity index (χ2v) is 5.34. The number of aryl methyl sites for hydroxylation is 1. The normalized spacial score (nSPS) is 21.5. The van der Waals surface area contributed by atoms with Gasteiger partial charge in [-0.25, -0.2) is 4.79 Å². The quantitative estimate of drug-likeness (QED) is 0.755. The third-order valence-electron chi connectivity index (χ3n) is 3.89. The van der Waals surface area contributed by atoms with Gasteiger partial charge in [-0.2, -0.15) is 0 Å². The van der Waals surface area contributed by atoms with E-state index in [9.17, 15) is 14.4 Å². The molecule has 110 valence electrons. The van der Waals surface area contributed by atoms with E-state index in [4.69, 9.17) is 0 Å². The van der Waals surface area contributed by atoms with Gasteiger partial charge >= 0.3 is 6.03 Å². The molecule has 1 aromatic carbocycles. The Kier molecular flexibility index (Phi) is 3.60. The summed E-state index contributed by atoms with van der Waals surface area (Å²) in [6.45, 7) is 0.635. The van der Waals surface area contributed by atoms with Crippen molar-refractivity contribution in [1.82, 2.24) is 10.6 Å². The van der Waals surface area contributed by atoms with Gasteiger partial charge in [0.05, 0.1) is 0 Å². The zero-order chi connectivity index (χ0) is 14.8. The first kappa shape index (κ1) is 13.6. The third kappa shape index (κ3) is 2.74. The van der Waals surface area contributed by atoms with Crippen molar-refractivity contribution in [3.8, 4) is 0 Å². The number of anilines is 1. The summed E-state index contributed by atoms with van der Waals surface area (Å²) in [6, 6.07) is 6.87. The SMILES string of the molecule is O=C1CCC(NC(=O)N2CCCc3ccccc32)C(=O)N1. The lowest BCUT2D eigenvalue weighted by Gasteiger charge is -2.31. The molecule has 21 heavy (non-hydrogen) atoms. The molecule has 1 atom stereocenters. The van der Waals surface area contributed by atoms with E-state index < -0.39 is 11.9 Å². The topological polar surface area (TPSA) is 78.5 Å². The van der Waals surface area contributed by atoms with Gasteiger partial charge in [0.15, 0.2) is 0 Å².